The number of hydrogen-bond donors (Lipinski definition) is 2. The van der Waals surface area contributed by atoms with Crippen LogP contribution < -0.4 is 5.73 Å². The fraction of sp³-hybridized carbons (Fsp3) is 0.412. The molecule has 0 radical (unpaired) electrons. The Balaban J connectivity index is 1.64. The minimum absolute atomic E-state index is 0.490. The van der Waals surface area contributed by atoms with Gasteiger partial charge in [0.05, 0.1) is 11.9 Å². The number of likely N-dealkylation sites (tertiary alicyclic amines) is 1. The maximum Gasteiger partial charge on any atom is 0.191 e. The highest BCUT2D eigenvalue weighted by Gasteiger charge is 2.17. The molecule has 1 aromatic heterocycles. The van der Waals surface area contributed by atoms with E-state index in [9.17, 15) is 0 Å². The normalized spacial score (nSPS) is 19.4. The summed E-state index contributed by atoms with van der Waals surface area (Å²) in [4.78, 5) is 14.4. The van der Waals surface area contributed by atoms with Gasteiger partial charge in [0.25, 0.3) is 0 Å². The summed E-state index contributed by atoms with van der Waals surface area (Å²) in [7, 11) is 0. The lowest BCUT2D eigenvalue weighted by Gasteiger charge is -2.31. The third-order valence-corrected chi connectivity index (χ3v) is 4.09. The van der Waals surface area contributed by atoms with Crippen LogP contribution in [-0.2, 0) is 6.54 Å². The van der Waals surface area contributed by atoms with Gasteiger partial charge in [-0.05, 0) is 24.3 Å². The summed E-state index contributed by atoms with van der Waals surface area (Å²) in [6.07, 6.45) is 4.32. The van der Waals surface area contributed by atoms with Gasteiger partial charge in [0.1, 0.15) is 12.4 Å². The van der Waals surface area contributed by atoms with E-state index in [1.807, 2.05) is 24.4 Å². The van der Waals surface area contributed by atoms with Crippen LogP contribution in [0.5, 0.6) is 0 Å². The second kappa shape index (κ2) is 6.64. The number of benzene rings is 1. The zero-order chi connectivity index (χ0) is 15.4. The first-order valence-electron chi connectivity index (χ1n) is 7.86. The second-order valence-corrected chi connectivity index (χ2v) is 5.98. The first-order chi connectivity index (χ1) is 10.7. The molecule has 2 aromatic rings. The Morgan fingerprint density at radius 1 is 1.41 bits per heavy atom. The summed E-state index contributed by atoms with van der Waals surface area (Å²) in [5.41, 5.74) is 8.25. The molecule has 0 aliphatic carbocycles. The van der Waals surface area contributed by atoms with Crippen molar-refractivity contribution in [1.29, 1.82) is 0 Å². The van der Waals surface area contributed by atoms with E-state index in [0.29, 0.717) is 18.4 Å². The molecule has 2 heterocycles. The van der Waals surface area contributed by atoms with Gasteiger partial charge in [0.2, 0.25) is 0 Å². The first kappa shape index (κ1) is 14.6. The SMILES string of the molecule is CC1CCCN(C(N)=NCc2ncc(-c3ccccc3)[nH]2)C1. The molecule has 1 saturated heterocycles. The van der Waals surface area contributed by atoms with Crippen molar-refractivity contribution in [2.45, 2.75) is 26.3 Å². The van der Waals surface area contributed by atoms with Crippen LogP contribution in [0.25, 0.3) is 11.3 Å². The van der Waals surface area contributed by atoms with Crippen molar-refractivity contribution in [2.24, 2.45) is 16.6 Å². The molecule has 22 heavy (non-hydrogen) atoms. The van der Waals surface area contributed by atoms with Gasteiger partial charge in [-0.25, -0.2) is 9.98 Å². The first-order valence-corrected chi connectivity index (χ1v) is 7.86. The van der Waals surface area contributed by atoms with Gasteiger partial charge < -0.3 is 15.6 Å². The fourth-order valence-electron chi connectivity index (χ4n) is 2.86. The van der Waals surface area contributed by atoms with Crippen molar-refractivity contribution >= 4 is 5.96 Å². The van der Waals surface area contributed by atoms with Gasteiger partial charge in [-0.2, -0.15) is 0 Å². The van der Waals surface area contributed by atoms with E-state index in [1.54, 1.807) is 0 Å². The van der Waals surface area contributed by atoms with Crippen LogP contribution in [0.2, 0.25) is 0 Å². The molecule has 1 unspecified atom stereocenters. The molecular weight excluding hydrogens is 274 g/mol. The predicted molar refractivity (Wildman–Crippen MR) is 89.3 cm³/mol. The predicted octanol–water partition coefficient (Wildman–Crippen LogP) is 2.62. The Hall–Kier alpha value is -2.30. The van der Waals surface area contributed by atoms with E-state index in [0.717, 1.165) is 30.2 Å². The molecule has 0 bridgehead atoms. The Morgan fingerprint density at radius 2 is 2.23 bits per heavy atom. The molecule has 5 heteroatoms. The van der Waals surface area contributed by atoms with Crippen molar-refractivity contribution in [3.05, 3.63) is 42.4 Å². The molecule has 0 spiro atoms. The molecule has 1 fully saturated rings. The monoisotopic (exact) mass is 297 g/mol. The number of aromatic nitrogens is 2. The number of H-pyrrole nitrogens is 1. The molecule has 3 N–H and O–H groups in total. The molecule has 1 aliphatic heterocycles. The molecule has 0 amide bonds. The highest BCUT2D eigenvalue weighted by atomic mass is 15.3. The lowest BCUT2D eigenvalue weighted by molar-refractivity contribution is 0.270. The van der Waals surface area contributed by atoms with Gasteiger partial charge in [-0.1, -0.05) is 37.3 Å². The van der Waals surface area contributed by atoms with Gasteiger partial charge in [0.15, 0.2) is 5.96 Å². The summed E-state index contributed by atoms with van der Waals surface area (Å²) in [6, 6.07) is 10.2. The van der Waals surface area contributed by atoms with Gasteiger partial charge in [-0.3, -0.25) is 0 Å². The lowest BCUT2D eigenvalue weighted by atomic mass is 10.0. The van der Waals surface area contributed by atoms with Crippen molar-refractivity contribution in [3.63, 3.8) is 0 Å². The average molecular weight is 297 g/mol. The largest absolute Gasteiger partial charge is 0.370 e. The summed E-state index contributed by atoms with van der Waals surface area (Å²) in [5, 5.41) is 0. The number of hydrogen-bond acceptors (Lipinski definition) is 2. The summed E-state index contributed by atoms with van der Waals surface area (Å²) in [5.74, 6) is 2.16. The minimum atomic E-state index is 0.490. The van der Waals surface area contributed by atoms with Crippen LogP contribution in [-0.4, -0.2) is 33.9 Å². The Morgan fingerprint density at radius 3 is 3.00 bits per heavy atom. The standard InChI is InChI=1S/C17H23N5/c1-13-6-5-9-22(12-13)17(18)20-11-16-19-10-15(21-16)14-7-3-2-4-8-14/h2-4,7-8,10,13H,5-6,9,11-12H2,1H3,(H2,18,20)(H,19,21). The Labute approximate surface area is 131 Å². The second-order valence-electron chi connectivity index (χ2n) is 5.98. The van der Waals surface area contributed by atoms with E-state index in [1.165, 1.54) is 12.8 Å². The quantitative estimate of drug-likeness (QED) is 0.676. The van der Waals surface area contributed by atoms with Crippen molar-refractivity contribution in [3.8, 4) is 11.3 Å². The summed E-state index contributed by atoms with van der Waals surface area (Å²) < 4.78 is 0. The van der Waals surface area contributed by atoms with Gasteiger partial charge >= 0.3 is 0 Å². The van der Waals surface area contributed by atoms with Crippen molar-refractivity contribution < 1.29 is 0 Å². The smallest absolute Gasteiger partial charge is 0.191 e. The summed E-state index contributed by atoms with van der Waals surface area (Å²) in [6.45, 7) is 4.76. The third kappa shape index (κ3) is 3.47. The van der Waals surface area contributed by atoms with Crippen LogP contribution in [0.3, 0.4) is 0 Å². The number of imidazole rings is 1. The van der Waals surface area contributed by atoms with E-state index in [-0.39, 0.29) is 0 Å². The highest BCUT2D eigenvalue weighted by Crippen LogP contribution is 2.17. The van der Waals surface area contributed by atoms with Crippen molar-refractivity contribution in [1.82, 2.24) is 14.9 Å². The van der Waals surface area contributed by atoms with E-state index >= 15 is 0 Å². The number of nitrogens with two attached hydrogens (primary N) is 1. The summed E-state index contributed by atoms with van der Waals surface area (Å²) >= 11 is 0. The van der Waals surface area contributed by atoms with Crippen LogP contribution in [0.4, 0.5) is 0 Å². The van der Waals surface area contributed by atoms with Crippen LogP contribution in [0, 0.1) is 5.92 Å². The third-order valence-electron chi connectivity index (χ3n) is 4.09. The molecule has 1 aliphatic rings. The van der Waals surface area contributed by atoms with Gasteiger partial charge in [0, 0.05) is 13.1 Å². The number of piperidine rings is 1. The zero-order valence-electron chi connectivity index (χ0n) is 13.0. The average Bonchev–Trinajstić information content (AvgIpc) is 3.02. The van der Waals surface area contributed by atoms with E-state index in [4.69, 9.17) is 5.73 Å². The number of aliphatic imine (C=N–C) groups is 1. The molecule has 116 valence electrons. The Kier molecular flexibility index (Phi) is 4.42. The number of guanidine groups is 1. The van der Waals surface area contributed by atoms with Crippen LogP contribution in [0.1, 0.15) is 25.6 Å². The maximum atomic E-state index is 6.11. The van der Waals surface area contributed by atoms with E-state index in [2.05, 4.69) is 38.9 Å². The maximum absolute atomic E-state index is 6.11. The molecule has 1 atom stereocenters. The molecule has 1 aromatic carbocycles. The number of nitrogens with one attached hydrogen (secondary N) is 1. The van der Waals surface area contributed by atoms with Crippen LogP contribution in [0.15, 0.2) is 41.5 Å². The number of aromatic amines is 1. The molecule has 0 saturated carbocycles. The van der Waals surface area contributed by atoms with E-state index < -0.39 is 0 Å². The zero-order valence-corrected chi connectivity index (χ0v) is 13.0. The van der Waals surface area contributed by atoms with Gasteiger partial charge in [-0.15, -0.1) is 0 Å². The van der Waals surface area contributed by atoms with Crippen LogP contribution >= 0.6 is 0 Å². The number of nitrogens with zero attached hydrogens (tertiary/aromatic N) is 3. The number of rotatable bonds is 3. The topological polar surface area (TPSA) is 70.3 Å². The van der Waals surface area contributed by atoms with Crippen molar-refractivity contribution in [2.75, 3.05) is 13.1 Å². The Bertz CT molecular complexity index is 632. The fourth-order valence-corrected chi connectivity index (χ4v) is 2.86. The highest BCUT2D eigenvalue weighted by molar-refractivity contribution is 5.78. The molecular formula is C17H23N5. The molecule has 5 nitrogen and oxygen atoms in total. The lowest BCUT2D eigenvalue weighted by Crippen LogP contribution is -2.43. The minimum Gasteiger partial charge on any atom is -0.370 e. The molecule has 3 rings (SSSR count).